The third-order valence-corrected chi connectivity index (χ3v) is 2.76. The first-order chi connectivity index (χ1) is 7.27. The second-order valence-corrected chi connectivity index (χ2v) is 3.57. The van der Waals surface area contributed by atoms with Crippen molar-refractivity contribution in [1.82, 2.24) is 0 Å². The molecule has 0 bridgehead atoms. The predicted octanol–water partition coefficient (Wildman–Crippen LogP) is 3.15. The van der Waals surface area contributed by atoms with E-state index in [1.165, 1.54) is 5.56 Å². The van der Waals surface area contributed by atoms with Crippen molar-refractivity contribution >= 4 is 16.5 Å². The zero-order valence-corrected chi connectivity index (χ0v) is 9.04. The van der Waals surface area contributed by atoms with Gasteiger partial charge in [0, 0.05) is 24.2 Å². The van der Waals surface area contributed by atoms with Gasteiger partial charge in [0.05, 0.1) is 0 Å². The van der Waals surface area contributed by atoms with Crippen LogP contribution in [0.5, 0.6) is 5.75 Å². The number of aryl methyl sites for hydroxylation is 1. The topological polar surface area (TPSA) is 32.3 Å². The van der Waals surface area contributed by atoms with Crippen LogP contribution in [0.3, 0.4) is 0 Å². The van der Waals surface area contributed by atoms with E-state index in [4.69, 9.17) is 0 Å². The van der Waals surface area contributed by atoms with Gasteiger partial charge in [-0.05, 0) is 17.4 Å². The molecule has 0 saturated carbocycles. The highest BCUT2D eigenvalue weighted by Gasteiger charge is 2.08. The van der Waals surface area contributed by atoms with E-state index in [0.717, 1.165) is 22.9 Å². The van der Waals surface area contributed by atoms with Crippen molar-refractivity contribution in [2.45, 2.75) is 13.3 Å². The lowest BCUT2D eigenvalue weighted by atomic mass is 10.00. The molecule has 0 aromatic heterocycles. The first kappa shape index (κ1) is 9.84. The van der Waals surface area contributed by atoms with Crippen molar-refractivity contribution in [2.75, 3.05) is 12.4 Å². The lowest BCUT2D eigenvalue weighted by molar-refractivity contribution is 0.482. The summed E-state index contributed by atoms with van der Waals surface area (Å²) in [5, 5.41) is 15.0. The number of aromatic hydroxyl groups is 1. The van der Waals surface area contributed by atoms with E-state index in [1.54, 1.807) is 6.07 Å². The fourth-order valence-corrected chi connectivity index (χ4v) is 2.02. The van der Waals surface area contributed by atoms with Crippen molar-refractivity contribution in [3.05, 3.63) is 35.9 Å². The molecule has 2 rings (SSSR count). The van der Waals surface area contributed by atoms with Crippen molar-refractivity contribution in [3.63, 3.8) is 0 Å². The average molecular weight is 201 g/mol. The summed E-state index contributed by atoms with van der Waals surface area (Å²) in [6.07, 6.45) is 0.955. The summed E-state index contributed by atoms with van der Waals surface area (Å²) in [6, 6.07) is 9.74. The molecule has 0 atom stereocenters. The first-order valence-corrected chi connectivity index (χ1v) is 5.19. The van der Waals surface area contributed by atoms with E-state index in [0.29, 0.717) is 5.75 Å². The number of phenols is 1. The highest BCUT2D eigenvalue weighted by Crippen LogP contribution is 2.33. The van der Waals surface area contributed by atoms with Gasteiger partial charge < -0.3 is 10.4 Å². The van der Waals surface area contributed by atoms with Crippen molar-refractivity contribution < 1.29 is 5.11 Å². The predicted molar refractivity (Wildman–Crippen MR) is 64.5 cm³/mol. The van der Waals surface area contributed by atoms with Gasteiger partial charge in [0.25, 0.3) is 0 Å². The van der Waals surface area contributed by atoms with Crippen LogP contribution in [0.4, 0.5) is 5.69 Å². The number of rotatable bonds is 2. The van der Waals surface area contributed by atoms with Crippen LogP contribution in [0, 0.1) is 0 Å². The number of benzene rings is 2. The minimum atomic E-state index is 0.340. The lowest BCUT2D eigenvalue weighted by Crippen LogP contribution is -1.95. The van der Waals surface area contributed by atoms with Crippen molar-refractivity contribution in [2.24, 2.45) is 0 Å². The van der Waals surface area contributed by atoms with E-state index in [1.807, 2.05) is 25.2 Å². The molecule has 0 unspecified atom stereocenters. The van der Waals surface area contributed by atoms with Gasteiger partial charge in [-0.3, -0.25) is 0 Å². The SMILES string of the molecule is CCc1c(NC)cc(O)c2ccccc12. The second kappa shape index (κ2) is 3.81. The number of hydrogen-bond donors (Lipinski definition) is 2. The molecular formula is C13H15NO. The fourth-order valence-electron chi connectivity index (χ4n) is 2.02. The normalized spacial score (nSPS) is 10.5. The molecule has 78 valence electrons. The molecule has 0 radical (unpaired) electrons. The molecule has 0 spiro atoms. The third-order valence-electron chi connectivity index (χ3n) is 2.76. The summed E-state index contributed by atoms with van der Waals surface area (Å²) >= 11 is 0. The zero-order valence-electron chi connectivity index (χ0n) is 9.04. The molecule has 15 heavy (non-hydrogen) atoms. The fraction of sp³-hybridized carbons (Fsp3) is 0.231. The molecule has 2 nitrogen and oxygen atoms in total. The quantitative estimate of drug-likeness (QED) is 0.782. The summed E-state index contributed by atoms with van der Waals surface area (Å²) in [7, 11) is 1.88. The molecule has 0 amide bonds. The largest absolute Gasteiger partial charge is 0.507 e. The van der Waals surface area contributed by atoms with Gasteiger partial charge in [0.1, 0.15) is 5.75 Å². The molecule has 0 fully saturated rings. The maximum atomic E-state index is 9.86. The second-order valence-electron chi connectivity index (χ2n) is 3.57. The number of nitrogens with one attached hydrogen (secondary N) is 1. The number of fused-ring (bicyclic) bond motifs is 1. The Morgan fingerprint density at radius 2 is 1.87 bits per heavy atom. The van der Waals surface area contributed by atoms with Crippen LogP contribution >= 0.6 is 0 Å². The Balaban J connectivity index is 2.85. The van der Waals surface area contributed by atoms with Crippen LogP contribution in [-0.4, -0.2) is 12.2 Å². The molecule has 0 heterocycles. The van der Waals surface area contributed by atoms with E-state index < -0.39 is 0 Å². The highest BCUT2D eigenvalue weighted by atomic mass is 16.3. The molecular weight excluding hydrogens is 186 g/mol. The minimum Gasteiger partial charge on any atom is -0.507 e. The van der Waals surface area contributed by atoms with Crippen LogP contribution in [0.25, 0.3) is 10.8 Å². The molecule has 2 N–H and O–H groups in total. The summed E-state index contributed by atoms with van der Waals surface area (Å²) in [4.78, 5) is 0. The highest BCUT2D eigenvalue weighted by molar-refractivity contribution is 5.94. The zero-order chi connectivity index (χ0) is 10.8. The van der Waals surface area contributed by atoms with Crippen LogP contribution in [0.2, 0.25) is 0 Å². The summed E-state index contributed by atoms with van der Waals surface area (Å²) in [6.45, 7) is 2.12. The van der Waals surface area contributed by atoms with Gasteiger partial charge >= 0.3 is 0 Å². The standard InChI is InChI=1S/C13H15NO/c1-3-9-10-6-4-5-7-11(10)13(15)8-12(9)14-2/h4-8,14-15H,3H2,1-2H3. The van der Waals surface area contributed by atoms with Gasteiger partial charge in [0.15, 0.2) is 0 Å². The summed E-state index contributed by atoms with van der Waals surface area (Å²) in [5.74, 6) is 0.340. The van der Waals surface area contributed by atoms with Crippen LogP contribution in [0.1, 0.15) is 12.5 Å². The van der Waals surface area contributed by atoms with E-state index in [9.17, 15) is 5.11 Å². The Labute approximate surface area is 89.6 Å². The van der Waals surface area contributed by atoms with Crippen molar-refractivity contribution in [3.8, 4) is 5.75 Å². The number of phenolic OH excluding ortho intramolecular Hbond substituents is 1. The molecule has 2 aromatic rings. The maximum Gasteiger partial charge on any atom is 0.125 e. The average Bonchev–Trinajstić information content (AvgIpc) is 2.29. The van der Waals surface area contributed by atoms with E-state index in [-0.39, 0.29) is 0 Å². The van der Waals surface area contributed by atoms with E-state index >= 15 is 0 Å². The summed E-state index contributed by atoms with van der Waals surface area (Å²) < 4.78 is 0. The van der Waals surface area contributed by atoms with Crippen LogP contribution in [0.15, 0.2) is 30.3 Å². The Morgan fingerprint density at radius 1 is 1.20 bits per heavy atom. The molecule has 2 aromatic carbocycles. The molecule has 0 aliphatic rings. The van der Waals surface area contributed by atoms with Gasteiger partial charge in [-0.1, -0.05) is 31.2 Å². The third kappa shape index (κ3) is 1.52. The number of hydrogen-bond acceptors (Lipinski definition) is 2. The monoisotopic (exact) mass is 201 g/mol. The van der Waals surface area contributed by atoms with Crippen molar-refractivity contribution in [1.29, 1.82) is 0 Å². The van der Waals surface area contributed by atoms with Crippen LogP contribution in [-0.2, 0) is 6.42 Å². The molecule has 0 aliphatic carbocycles. The Morgan fingerprint density at radius 3 is 2.47 bits per heavy atom. The summed E-state index contributed by atoms with van der Waals surface area (Å²) in [5.41, 5.74) is 2.26. The Bertz CT molecular complexity index is 491. The number of anilines is 1. The Kier molecular flexibility index (Phi) is 2.50. The lowest BCUT2D eigenvalue weighted by Gasteiger charge is -2.12. The maximum absolute atomic E-state index is 9.86. The minimum absolute atomic E-state index is 0.340. The van der Waals surface area contributed by atoms with Crippen LogP contribution < -0.4 is 5.32 Å². The Hall–Kier alpha value is -1.70. The van der Waals surface area contributed by atoms with Gasteiger partial charge in [0.2, 0.25) is 0 Å². The first-order valence-electron chi connectivity index (χ1n) is 5.19. The molecule has 2 heteroatoms. The molecule has 0 aliphatic heterocycles. The van der Waals surface area contributed by atoms with Gasteiger partial charge in [-0.15, -0.1) is 0 Å². The van der Waals surface area contributed by atoms with Gasteiger partial charge in [-0.2, -0.15) is 0 Å². The smallest absolute Gasteiger partial charge is 0.125 e. The molecule has 0 saturated heterocycles. The van der Waals surface area contributed by atoms with Gasteiger partial charge in [-0.25, -0.2) is 0 Å². The van der Waals surface area contributed by atoms with E-state index in [2.05, 4.69) is 18.3 Å².